The summed E-state index contributed by atoms with van der Waals surface area (Å²) < 4.78 is 0. The Morgan fingerprint density at radius 2 is 1.82 bits per heavy atom. The van der Waals surface area contributed by atoms with E-state index < -0.39 is 0 Å². The molecule has 0 fully saturated rings. The van der Waals surface area contributed by atoms with E-state index in [4.69, 9.17) is 0 Å². The molecule has 0 radical (unpaired) electrons. The average molecular weight is 292 g/mol. The Balaban J connectivity index is 1.76. The van der Waals surface area contributed by atoms with Gasteiger partial charge in [0, 0.05) is 31.2 Å². The van der Waals surface area contributed by atoms with Gasteiger partial charge >= 0.3 is 0 Å². The molecule has 4 nitrogen and oxygen atoms in total. The van der Waals surface area contributed by atoms with Crippen LogP contribution >= 0.6 is 0 Å². The van der Waals surface area contributed by atoms with Crippen molar-refractivity contribution in [2.45, 2.75) is 26.6 Å². The number of nitrogens with one attached hydrogen (secondary N) is 1. The number of benzene rings is 1. The minimum absolute atomic E-state index is 0.775. The standard InChI is InChI=1S/C18H20N4/c1-15-6-5-9-17(21-15)13-22(14-18-19-10-11-20-18)12-16-7-3-2-4-8-16/h2-11H,12-14H2,1H3,(H,19,20). The summed E-state index contributed by atoms with van der Waals surface area (Å²) >= 11 is 0. The summed E-state index contributed by atoms with van der Waals surface area (Å²) in [7, 11) is 0. The van der Waals surface area contributed by atoms with Gasteiger partial charge in [0.25, 0.3) is 0 Å². The number of rotatable bonds is 6. The molecular weight excluding hydrogens is 272 g/mol. The predicted molar refractivity (Wildman–Crippen MR) is 87.0 cm³/mol. The lowest BCUT2D eigenvalue weighted by Crippen LogP contribution is -2.23. The monoisotopic (exact) mass is 292 g/mol. The number of H-pyrrole nitrogens is 1. The third-order valence-corrected chi connectivity index (χ3v) is 3.51. The van der Waals surface area contributed by atoms with Crippen molar-refractivity contribution in [1.29, 1.82) is 0 Å². The smallest absolute Gasteiger partial charge is 0.120 e. The topological polar surface area (TPSA) is 44.8 Å². The summed E-state index contributed by atoms with van der Waals surface area (Å²) in [6.45, 7) is 4.48. The number of aryl methyl sites for hydroxylation is 1. The van der Waals surface area contributed by atoms with Crippen LogP contribution in [0.2, 0.25) is 0 Å². The molecule has 0 saturated carbocycles. The summed E-state index contributed by atoms with van der Waals surface area (Å²) in [6.07, 6.45) is 3.65. The first-order valence-electron chi connectivity index (χ1n) is 7.47. The predicted octanol–water partition coefficient (Wildman–Crippen LogP) is 3.32. The highest BCUT2D eigenvalue weighted by molar-refractivity contribution is 5.15. The molecule has 22 heavy (non-hydrogen) atoms. The molecule has 4 heteroatoms. The molecule has 0 amide bonds. The number of hydrogen-bond donors (Lipinski definition) is 1. The van der Waals surface area contributed by atoms with E-state index >= 15 is 0 Å². The lowest BCUT2D eigenvalue weighted by atomic mass is 10.2. The van der Waals surface area contributed by atoms with E-state index in [1.54, 1.807) is 6.20 Å². The van der Waals surface area contributed by atoms with Gasteiger partial charge in [-0.2, -0.15) is 0 Å². The molecule has 1 aromatic carbocycles. The molecule has 3 aromatic rings. The zero-order chi connectivity index (χ0) is 15.2. The van der Waals surface area contributed by atoms with Crippen LogP contribution in [0.5, 0.6) is 0 Å². The van der Waals surface area contributed by atoms with E-state index in [1.807, 2.05) is 25.3 Å². The Labute approximate surface area is 130 Å². The Hall–Kier alpha value is -2.46. The van der Waals surface area contributed by atoms with Crippen molar-refractivity contribution in [3.05, 3.63) is 83.7 Å². The lowest BCUT2D eigenvalue weighted by molar-refractivity contribution is 0.239. The highest BCUT2D eigenvalue weighted by Crippen LogP contribution is 2.11. The van der Waals surface area contributed by atoms with Crippen molar-refractivity contribution in [3.63, 3.8) is 0 Å². The van der Waals surface area contributed by atoms with Gasteiger partial charge in [-0.1, -0.05) is 36.4 Å². The molecule has 0 unspecified atom stereocenters. The van der Waals surface area contributed by atoms with Gasteiger partial charge < -0.3 is 4.98 Å². The second kappa shape index (κ2) is 7.00. The largest absolute Gasteiger partial charge is 0.348 e. The van der Waals surface area contributed by atoms with Gasteiger partial charge in [0.05, 0.1) is 12.2 Å². The van der Waals surface area contributed by atoms with Crippen LogP contribution in [-0.4, -0.2) is 19.9 Å². The Morgan fingerprint density at radius 1 is 0.955 bits per heavy atom. The van der Waals surface area contributed by atoms with Crippen molar-refractivity contribution in [3.8, 4) is 0 Å². The molecular formula is C18H20N4. The lowest BCUT2D eigenvalue weighted by Gasteiger charge is -2.21. The summed E-state index contributed by atoms with van der Waals surface area (Å²) in [5.74, 6) is 0.976. The Bertz CT molecular complexity index is 692. The van der Waals surface area contributed by atoms with Crippen LogP contribution in [0.3, 0.4) is 0 Å². The Kier molecular flexibility index (Phi) is 4.61. The van der Waals surface area contributed by atoms with Gasteiger partial charge in [0.2, 0.25) is 0 Å². The Morgan fingerprint density at radius 3 is 2.55 bits per heavy atom. The third-order valence-electron chi connectivity index (χ3n) is 3.51. The highest BCUT2D eigenvalue weighted by atomic mass is 15.2. The molecule has 0 aliphatic rings. The SMILES string of the molecule is Cc1cccc(CN(Cc2ccccc2)Cc2ncc[nH]2)n1. The highest BCUT2D eigenvalue weighted by Gasteiger charge is 2.10. The second-order valence-electron chi connectivity index (χ2n) is 5.44. The van der Waals surface area contributed by atoms with E-state index in [1.165, 1.54) is 5.56 Å². The normalized spacial score (nSPS) is 11.0. The number of nitrogens with zero attached hydrogens (tertiary/aromatic N) is 3. The first-order valence-corrected chi connectivity index (χ1v) is 7.47. The fourth-order valence-corrected chi connectivity index (χ4v) is 2.52. The van der Waals surface area contributed by atoms with Crippen LogP contribution in [0.15, 0.2) is 60.9 Å². The van der Waals surface area contributed by atoms with E-state index in [2.05, 4.69) is 56.3 Å². The van der Waals surface area contributed by atoms with E-state index in [9.17, 15) is 0 Å². The maximum Gasteiger partial charge on any atom is 0.120 e. The van der Waals surface area contributed by atoms with E-state index in [0.717, 1.165) is 36.8 Å². The van der Waals surface area contributed by atoms with Crippen LogP contribution in [0, 0.1) is 6.92 Å². The average Bonchev–Trinajstić information content (AvgIpc) is 3.01. The van der Waals surface area contributed by atoms with Gasteiger partial charge in [-0.15, -0.1) is 0 Å². The molecule has 0 atom stereocenters. The maximum absolute atomic E-state index is 4.61. The minimum atomic E-state index is 0.775. The zero-order valence-corrected chi connectivity index (χ0v) is 12.7. The second-order valence-corrected chi connectivity index (χ2v) is 5.44. The number of aromatic amines is 1. The van der Waals surface area contributed by atoms with Crippen LogP contribution in [-0.2, 0) is 19.6 Å². The van der Waals surface area contributed by atoms with Crippen molar-refractivity contribution in [1.82, 2.24) is 19.9 Å². The summed E-state index contributed by atoms with van der Waals surface area (Å²) in [6, 6.07) is 16.7. The molecule has 0 aliphatic heterocycles. The van der Waals surface area contributed by atoms with Crippen molar-refractivity contribution in [2.75, 3.05) is 0 Å². The van der Waals surface area contributed by atoms with Gasteiger partial charge in [0.15, 0.2) is 0 Å². The molecule has 2 aromatic heterocycles. The van der Waals surface area contributed by atoms with Crippen molar-refractivity contribution >= 4 is 0 Å². The van der Waals surface area contributed by atoms with E-state index in [-0.39, 0.29) is 0 Å². The van der Waals surface area contributed by atoms with Gasteiger partial charge in [-0.25, -0.2) is 4.98 Å². The third kappa shape index (κ3) is 4.02. The molecule has 2 heterocycles. The quantitative estimate of drug-likeness (QED) is 0.758. The first-order chi connectivity index (χ1) is 10.8. The fourth-order valence-electron chi connectivity index (χ4n) is 2.52. The van der Waals surface area contributed by atoms with Crippen molar-refractivity contribution in [2.24, 2.45) is 0 Å². The summed E-state index contributed by atoms with van der Waals surface area (Å²) in [4.78, 5) is 14.5. The van der Waals surface area contributed by atoms with Crippen LogP contribution in [0.25, 0.3) is 0 Å². The van der Waals surface area contributed by atoms with Crippen LogP contribution < -0.4 is 0 Å². The molecule has 0 saturated heterocycles. The fraction of sp³-hybridized carbons (Fsp3) is 0.222. The van der Waals surface area contributed by atoms with E-state index in [0.29, 0.717) is 0 Å². The number of aromatic nitrogens is 3. The van der Waals surface area contributed by atoms with Gasteiger partial charge in [-0.05, 0) is 24.6 Å². The minimum Gasteiger partial charge on any atom is -0.348 e. The maximum atomic E-state index is 4.61. The molecule has 0 bridgehead atoms. The zero-order valence-electron chi connectivity index (χ0n) is 12.7. The number of hydrogen-bond acceptors (Lipinski definition) is 3. The van der Waals surface area contributed by atoms with Crippen LogP contribution in [0.4, 0.5) is 0 Å². The summed E-state index contributed by atoms with van der Waals surface area (Å²) in [5.41, 5.74) is 3.43. The number of imidazole rings is 1. The molecule has 0 aliphatic carbocycles. The number of pyridine rings is 1. The van der Waals surface area contributed by atoms with Crippen molar-refractivity contribution < 1.29 is 0 Å². The van der Waals surface area contributed by atoms with Crippen LogP contribution in [0.1, 0.15) is 22.8 Å². The molecule has 112 valence electrons. The molecule has 0 spiro atoms. The summed E-state index contributed by atoms with van der Waals surface area (Å²) in [5, 5.41) is 0. The first kappa shape index (κ1) is 14.5. The van der Waals surface area contributed by atoms with Gasteiger partial charge in [0.1, 0.15) is 5.82 Å². The molecule has 1 N–H and O–H groups in total. The van der Waals surface area contributed by atoms with Gasteiger partial charge in [-0.3, -0.25) is 9.88 Å². The molecule has 3 rings (SSSR count).